The van der Waals surface area contributed by atoms with Crippen LogP contribution in [0.15, 0.2) is 48.5 Å². The molecule has 3 rings (SSSR count). The van der Waals surface area contributed by atoms with Crippen molar-refractivity contribution in [1.82, 2.24) is 9.80 Å². The fourth-order valence-electron chi connectivity index (χ4n) is 3.86. The van der Waals surface area contributed by atoms with Crippen molar-refractivity contribution in [3.63, 3.8) is 0 Å². The third-order valence-electron chi connectivity index (χ3n) is 5.45. The highest BCUT2D eigenvalue weighted by atomic mass is 16.5. The van der Waals surface area contributed by atoms with Crippen LogP contribution in [0.2, 0.25) is 0 Å². The first kappa shape index (κ1) is 21.3. The maximum Gasteiger partial charge on any atom is 0.337 e. The van der Waals surface area contributed by atoms with E-state index in [2.05, 4.69) is 21.9 Å². The second-order valence-electron chi connectivity index (χ2n) is 7.41. The third kappa shape index (κ3) is 5.79. The van der Waals surface area contributed by atoms with Crippen LogP contribution in [-0.4, -0.2) is 67.4 Å². The zero-order chi connectivity index (χ0) is 20.6. The molecule has 156 valence electrons. The second kappa shape index (κ2) is 10.4. The van der Waals surface area contributed by atoms with Gasteiger partial charge >= 0.3 is 5.97 Å². The van der Waals surface area contributed by atoms with Crippen molar-refractivity contribution in [1.29, 1.82) is 0 Å². The van der Waals surface area contributed by atoms with Crippen molar-refractivity contribution in [2.75, 3.05) is 40.5 Å². The Labute approximate surface area is 172 Å². The van der Waals surface area contributed by atoms with Crippen molar-refractivity contribution >= 4 is 5.97 Å². The fraction of sp³-hybridized carbons (Fsp3) is 0.435. The average Bonchev–Trinajstić information content (AvgIpc) is 2.76. The van der Waals surface area contributed by atoms with Crippen molar-refractivity contribution in [2.24, 2.45) is 0 Å². The van der Waals surface area contributed by atoms with Crippen LogP contribution < -0.4 is 4.74 Å². The lowest BCUT2D eigenvalue weighted by atomic mass is 10.1. The number of hydrogen-bond acceptors (Lipinski definition) is 6. The van der Waals surface area contributed by atoms with Crippen molar-refractivity contribution in [3.8, 4) is 5.75 Å². The summed E-state index contributed by atoms with van der Waals surface area (Å²) in [4.78, 5) is 16.4. The zero-order valence-electron chi connectivity index (χ0n) is 17.2. The highest BCUT2D eigenvalue weighted by molar-refractivity contribution is 5.89. The van der Waals surface area contributed by atoms with E-state index in [1.807, 2.05) is 36.4 Å². The summed E-state index contributed by atoms with van der Waals surface area (Å²) < 4.78 is 10.1. The van der Waals surface area contributed by atoms with E-state index < -0.39 is 0 Å². The normalized spacial score (nSPS) is 17.8. The number of hydrogen-bond donors (Lipinski definition) is 1. The van der Waals surface area contributed by atoms with E-state index in [0.717, 1.165) is 44.9 Å². The molecule has 1 fully saturated rings. The first-order chi connectivity index (χ1) is 14.1. The van der Waals surface area contributed by atoms with Gasteiger partial charge in [-0.25, -0.2) is 4.79 Å². The lowest BCUT2D eigenvalue weighted by Gasteiger charge is -2.41. The Morgan fingerprint density at radius 3 is 2.55 bits per heavy atom. The standard InChI is InChI=1S/C23H30N2O4/c1-28-22-5-3-4-19(14-22)16-25-12-11-24(17-21(25)10-13-26)15-18-6-8-20(9-7-18)23(27)29-2/h3-9,14,21,26H,10-13,15-17H2,1-2H3. The minimum atomic E-state index is -0.314. The monoisotopic (exact) mass is 398 g/mol. The summed E-state index contributed by atoms with van der Waals surface area (Å²) in [7, 11) is 3.08. The molecule has 0 aliphatic carbocycles. The maximum atomic E-state index is 11.6. The number of rotatable bonds is 8. The Kier molecular flexibility index (Phi) is 7.63. The van der Waals surface area contributed by atoms with Gasteiger partial charge in [-0.05, 0) is 41.8 Å². The molecule has 0 amide bonds. The third-order valence-corrected chi connectivity index (χ3v) is 5.45. The second-order valence-corrected chi connectivity index (χ2v) is 7.41. The number of methoxy groups -OCH3 is 2. The molecule has 0 spiro atoms. The van der Waals surface area contributed by atoms with E-state index in [1.165, 1.54) is 18.2 Å². The van der Waals surface area contributed by atoms with Gasteiger partial charge in [0.05, 0.1) is 19.8 Å². The van der Waals surface area contributed by atoms with Crippen molar-refractivity contribution < 1.29 is 19.4 Å². The number of nitrogens with zero attached hydrogens (tertiary/aromatic N) is 2. The number of aliphatic hydroxyl groups excluding tert-OH is 1. The van der Waals surface area contributed by atoms with Crippen LogP contribution in [0, 0.1) is 0 Å². The highest BCUT2D eigenvalue weighted by Gasteiger charge is 2.26. The smallest absolute Gasteiger partial charge is 0.337 e. The molecule has 1 aliphatic heterocycles. The van der Waals surface area contributed by atoms with Crippen LogP contribution in [0.25, 0.3) is 0 Å². The van der Waals surface area contributed by atoms with E-state index in [1.54, 1.807) is 7.11 Å². The summed E-state index contributed by atoms with van der Waals surface area (Å²) >= 11 is 0. The van der Waals surface area contributed by atoms with Crippen molar-refractivity contribution in [2.45, 2.75) is 25.6 Å². The Hall–Kier alpha value is -2.41. The van der Waals surface area contributed by atoms with Crippen LogP contribution in [0.1, 0.15) is 27.9 Å². The van der Waals surface area contributed by atoms with Gasteiger partial charge in [-0.2, -0.15) is 0 Å². The van der Waals surface area contributed by atoms with Crippen molar-refractivity contribution in [3.05, 3.63) is 65.2 Å². The number of carbonyl (C=O) groups excluding carboxylic acids is 1. The molecular formula is C23H30N2O4. The molecule has 29 heavy (non-hydrogen) atoms. The quantitative estimate of drug-likeness (QED) is 0.690. The molecule has 1 aliphatic rings. The number of piperazine rings is 1. The molecule has 1 unspecified atom stereocenters. The molecule has 2 aromatic rings. The van der Waals surface area contributed by atoms with Crippen LogP contribution in [-0.2, 0) is 17.8 Å². The van der Waals surface area contributed by atoms with Gasteiger partial charge in [0.2, 0.25) is 0 Å². The van der Waals surface area contributed by atoms with E-state index in [0.29, 0.717) is 11.6 Å². The van der Waals surface area contributed by atoms with Crippen LogP contribution in [0.3, 0.4) is 0 Å². The van der Waals surface area contributed by atoms with Gasteiger partial charge in [0.15, 0.2) is 0 Å². The molecule has 2 aromatic carbocycles. The van der Waals surface area contributed by atoms with Crippen LogP contribution in [0.4, 0.5) is 0 Å². The van der Waals surface area contributed by atoms with Gasteiger partial charge in [-0.15, -0.1) is 0 Å². The van der Waals surface area contributed by atoms with E-state index in [-0.39, 0.29) is 12.6 Å². The summed E-state index contributed by atoms with van der Waals surface area (Å²) in [5.41, 5.74) is 2.96. The molecule has 6 nitrogen and oxygen atoms in total. The first-order valence-electron chi connectivity index (χ1n) is 10.0. The number of esters is 1. The predicted molar refractivity (Wildman–Crippen MR) is 112 cm³/mol. The largest absolute Gasteiger partial charge is 0.497 e. The Balaban J connectivity index is 1.61. The Bertz CT molecular complexity index is 794. The fourth-order valence-corrected chi connectivity index (χ4v) is 3.86. The minimum Gasteiger partial charge on any atom is -0.497 e. The van der Waals surface area contributed by atoms with E-state index >= 15 is 0 Å². The summed E-state index contributed by atoms with van der Waals surface area (Å²) in [6.45, 7) is 4.68. The van der Waals surface area contributed by atoms with Gasteiger partial charge < -0.3 is 14.6 Å². The van der Waals surface area contributed by atoms with Crippen LogP contribution in [0.5, 0.6) is 5.75 Å². The van der Waals surface area contributed by atoms with E-state index in [9.17, 15) is 9.90 Å². The lowest BCUT2D eigenvalue weighted by molar-refractivity contribution is 0.0499. The molecule has 0 bridgehead atoms. The van der Waals surface area contributed by atoms with Gasteiger partial charge in [0.25, 0.3) is 0 Å². The van der Waals surface area contributed by atoms with Crippen LogP contribution >= 0.6 is 0 Å². The molecule has 0 radical (unpaired) electrons. The highest BCUT2D eigenvalue weighted by Crippen LogP contribution is 2.20. The molecule has 1 saturated heterocycles. The number of ether oxygens (including phenoxy) is 2. The molecule has 6 heteroatoms. The van der Waals surface area contributed by atoms with E-state index in [4.69, 9.17) is 9.47 Å². The first-order valence-corrected chi connectivity index (χ1v) is 10.0. The maximum absolute atomic E-state index is 11.6. The molecule has 1 atom stereocenters. The summed E-state index contributed by atoms with van der Waals surface area (Å²) in [6, 6.07) is 16.1. The summed E-state index contributed by atoms with van der Waals surface area (Å²) in [6.07, 6.45) is 0.752. The Morgan fingerprint density at radius 1 is 1.07 bits per heavy atom. The topological polar surface area (TPSA) is 62.2 Å². The van der Waals surface area contributed by atoms with Gasteiger partial charge in [0.1, 0.15) is 5.75 Å². The number of benzene rings is 2. The molecule has 0 saturated carbocycles. The zero-order valence-corrected chi connectivity index (χ0v) is 17.2. The minimum absolute atomic E-state index is 0.181. The SMILES string of the molecule is COC(=O)c1ccc(CN2CCN(Cc3cccc(OC)c3)C(CCO)C2)cc1. The van der Waals surface area contributed by atoms with Gasteiger partial charge in [0, 0.05) is 45.4 Å². The number of aliphatic hydroxyl groups is 1. The molecular weight excluding hydrogens is 368 g/mol. The lowest BCUT2D eigenvalue weighted by Crippen LogP contribution is -2.52. The molecule has 1 N–H and O–H groups in total. The van der Waals surface area contributed by atoms with Gasteiger partial charge in [-0.1, -0.05) is 24.3 Å². The Morgan fingerprint density at radius 2 is 1.86 bits per heavy atom. The average molecular weight is 399 g/mol. The predicted octanol–water partition coefficient (Wildman–Crippen LogP) is 2.55. The number of carbonyl (C=O) groups is 1. The molecule has 0 aromatic heterocycles. The summed E-state index contributed by atoms with van der Waals surface area (Å²) in [5.74, 6) is 0.556. The summed E-state index contributed by atoms with van der Waals surface area (Å²) in [5, 5.41) is 9.56. The van der Waals surface area contributed by atoms with Gasteiger partial charge in [-0.3, -0.25) is 9.80 Å². The molecule has 1 heterocycles.